The predicted octanol–water partition coefficient (Wildman–Crippen LogP) is 11.1. The molecule has 3 amide bonds. The largest absolute Gasteiger partial charge is 0.489 e. The van der Waals surface area contributed by atoms with Gasteiger partial charge in [-0.3, -0.25) is 14.4 Å². The van der Waals surface area contributed by atoms with Crippen LogP contribution in [0.5, 0.6) is 17.2 Å². The van der Waals surface area contributed by atoms with Crippen LogP contribution in [0.1, 0.15) is 56.0 Å². The van der Waals surface area contributed by atoms with Gasteiger partial charge in [-0.15, -0.1) is 0 Å². The highest BCUT2D eigenvalue weighted by Crippen LogP contribution is 2.34. The summed E-state index contributed by atoms with van der Waals surface area (Å²) in [5.74, 6) is 0.969. The summed E-state index contributed by atoms with van der Waals surface area (Å²) < 4.78 is 17.8. The van der Waals surface area contributed by atoms with E-state index in [2.05, 4.69) is 16.0 Å². The standard InChI is InChI=1S/C67H64N6O6/c68-61(40-46-16-34-58(35-17-46)77-43-49-10-4-1-5-11-49)65(74)71-55-28-22-52(23-29-55)64(53-24-30-56(31-25-53)72-66(75)62(69)41-47-18-36-59(37-19-47)78-44-50-12-6-2-7-13-50)54-26-32-57(33-27-54)73-67(76)63(70)42-48-20-38-60(39-21-48)79-45-51-14-8-3-9-15-51/h1-39,61-64H,40-45,68-70H2,(H,71,74)(H,72,75)(H,73,76)/t61-,62-,63-/m0/s1. The smallest absolute Gasteiger partial charge is 0.241 e. The molecule has 12 heteroatoms. The zero-order valence-electron chi connectivity index (χ0n) is 43.8. The molecule has 0 fully saturated rings. The fourth-order valence-corrected chi connectivity index (χ4v) is 8.99. The van der Waals surface area contributed by atoms with Crippen molar-refractivity contribution in [3.63, 3.8) is 0 Å². The van der Waals surface area contributed by atoms with Gasteiger partial charge in [0.15, 0.2) is 0 Å². The van der Waals surface area contributed by atoms with Crippen LogP contribution >= 0.6 is 0 Å². The molecule has 9 N–H and O–H groups in total. The van der Waals surface area contributed by atoms with Gasteiger partial charge in [-0.05, 0) is 142 Å². The molecule has 0 aliphatic rings. The predicted molar refractivity (Wildman–Crippen MR) is 313 cm³/mol. The van der Waals surface area contributed by atoms with Crippen molar-refractivity contribution >= 4 is 34.8 Å². The van der Waals surface area contributed by atoms with Crippen molar-refractivity contribution in [1.82, 2.24) is 0 Å². The number of rotatable bonds is 24. The lowest BCUT2D eigenvalue weighted by Gasteiger charge is -2.21. The first-order chi connectivity index (χ1) is 38.6. The molecule has 0 radical (unpaired) electrons. The number of amides is 3. The molecule has 0 aromatic heterocycles. The fourth-order valence-electron chi connectivity index (χ4n) is 8.99. The Morgan fingerprint density at radius 3 is 0.785 bits per heavy atom. The van der Waals surface area contributed by atoms with Gasteiger partial charge >= 0.3 is 0 Å². The van der Waals surface area contributed by atoms with Gasteiger partial charge in [-0.2, -0.15) is 0 Å². The molecule has 0 heterocycles. The van der Waals surface area contributed by atoms with E-state index in [1.807, 2.05) is 237 Å². The molecular formula is C67H64N6O6. The lowest BCUT2D eigenvalue weighted by atomic mass is 9.85. The van der Waals surface area contributed by atoms with Gasteiger partial charge in [-0.25, -0.2) is 0 Å². The van der Waals surface area contributed by atoms with Crippen molar-refractivity contribution < 1.29 is 28.6 Å². The molecule has 9 rings (SSSR count). The molecule has 0 aliphatic carbocycles. The maximum absolute atomic E-state index is 13.4. The van der Waals surface area contributed by atoms with Gasteiger partial charge in [0.2, 0.25) is 17.7 Å². The molecular weight excluding hydrogens is 985 g/mol. The second-order valence-electron chi connectivity index (χ2n) is 19.5. The lowest BCUT2D eigenvalue weighted by molar-refractivity contribution is -0.118. The summed E-state index contributed by atoms with van der Waals surface area (Å²) in [7, 11) is 0. The third kappa shape index (κ3) is 16.1. The number of hydrogen-bond acceptors (Lipinski definition) is 9. The third-order valence-electron chi connectivity index (χ3n) is 13.4. The van der Waals surface area contributed by atoms with E-state index in [0.717, 1.165) is 67.3 Å². The Hall–Kier alpha value is -9.33. The minimum absolute atomic E-state index is 0.287. The molecule has 12 nitrogen and oxygen atoms in total. The molecule has 0 unspecified atom stereocenters. The van der Waals surface area contributed by atoms with Crippen LogP contribution in [0.3, 0.4) is 0 Å². The SMILES string of the molecule is N[C@@H](Cc1ccc(OCc2ccccc2)cc1)C(=O)Nc1ccc(C(c2ccc(NC(=O)[C@@H](N)Cc3ccc(OCc4ccccc4)cc3)cc2)c2ccc(NC(=O)[C@@H](N)Cc3ccc(OCc4ccccc4)cc3)cc2)cc1. The molecule has 9 aromatic carbocycles. The fraction of sp³-hybridized carbons (Fsp3) is 0.149. The molecule has 0 saturated heterocycles. The number of ether oxygens (including phenoxy) is 3. The van der Waals surface area contributed by atoms with Crippen molar-refractivity contribution in [2.24, 2.45) is 17.2 Å². The van der Waals surface area contributed by atoms with Crippen molar-refractivity contribution in [2.45, 2.75) is 63.1 Å². The van der Waals surface area contributed by atoms with Crippen molar-refractivity contribution in [3.8, 4) is 17.2 Å². The quantitative estimate of drug-likeness (QED) is 0.0320. The van der Waals surface area contributed by atoms with Crippen LogP contribution in [0.2, 0.25) is 0 Å². The summed E-state index contributed by atoms with van der Waals surface area (Å²) in [6.07, 6.45) is 1.03. The van der Waals surface area contributed by atoms with E-state index in [1.165, 1.54) is 0 Å². The Kier molecular flexibility index (Phi) is 18.7. The first-order valence-corrected chi connectivity index (χ1v) is 26.3. The number of nitrogens with one attached hydrogen (secondary N) is 3. The monoisotopic (exact) mass is 1050 g/mol. The van der Waals surface area contributed by atoms with Crippen molar-refractivity contribution in [3.05, 3.63) is 287 Å². The van der Waals surface area contributed by atoms with Gasteiger partial charge in [0.25, 0.3) is 0 Å². The van der Waals surface area contributed by atoms with Crippen LogP contribution in [0.4, 0.5) is 17.1 Å². The first-order valence-electron chi connectivity index (χ1n) is 26.3. The Labute approximate surface area is 461 Å². The van der Waals surface area contributed by atoms with Crippen LogP contribution < -0.4 is 47.4 Å². The minimum Gasteiger partial charge on any atom is -0.489 e. The Bertz CT molecular complexity index is 2990. The van der Waals surface area contributed by atoms with Crippen molar-refractivity contribution in [1.29, 1.82) is 0 Å². The Morgan fingerprint density at radius 1 is 0.304 bits per heavy atom. The molecule has 9 aromatic rings. The highest BCUT2D eigenvalue weighted by atomic mass is 16.5. The Morgan fingerprint density at radius 2 is 0.544 bits per heavy atom. The Balaban J connectivity index is 0.836. The van der Waals surface area contributed by atoms with E-state index in [4.69, 9.17) is 31.4 Å². The molecule has 398 valence electrons. The summed E-state index contributed by atoms with van der Waals surface area (Å²) in [5, 5.41) is 8.95. The maximum atomic E-state index is 13.4. The van der Waals surface area contributed by atoms with Gasteiger partial charge in [0, 0.05) is 23.0 Å². The average molecular weight is 1050 g/mol. The van der Waals surface area contributed by atoms with Crippen molar-refractivity contribution in [2.75, 3.05) is 16.0 Å². The lowest BCUT2D eigenvalue weighted by Crippen LogP contribution is -2.37. The number of carbonyl (C=O) groups is 3. The van der Waals surface area contributed by atoms with E-state index in [1.54, 1.807) is 0 Å². The van der Waals surface area contributed by atoms with E-state index < -0.39 is 18.1 Å². The van der Waals surface area contributed by atoms with Crippen LogP contribution in [0.25, 0.3) is 0 Å². The number of benzene rings is 9. The third-order valence-corrected chi connectivity index (χ3v) is 13.4. The minimum atomic E-state index is -0.792. The number of nitrogens with two attached hydrogens (primary N) is 3. The van der Waals surface area contributed by atoms with E-state index in [-0.39, 0.29) is 23.6 Å². The van der Waals surface area contributed by atoms with Gasteiger partial charge in [-0.1, -0.05) is 164 Å². The van der Waals surface area contributed by atoms with Gasteiger partial charge in [0.1, 0.15) is 37.1 Å². The van der Waals surface area contributed by atoms with Crippen LogP contribution in [-0.2, 0) is 53.5 Å². The normalized spacial score (nSPS) is 12.2. The zero-order chi connectivity index (χ0) is 54.8. The van der Waals surface area contributed by atoms with Crippen LogP contribution in [0, 0.1) is 0 Å². The topological polar surface area (TPSA) is 193 Å². The number of anilines is 3. The van der Waals surface area contributed by atoms with E-state index >= 15 is 0 Å². The van der Waals surface area contributed by atoms with Crippen LogP contribution in [-0.4, -0.2) is 35.8 Å². The summed E-state index contributed by atoms with van der Waals surface area (Å²) in [6, 6.07) is 73.2. The highest BCUT2D eigenvalue weighted by Gasteiger charge is 2.21. The average Bonchev–Trinajstić information content (AvgIpc) is 3.53. The summed E-state index contributed by atoms with van der Waals surface area (Å²) in [4.78, 5) is 40.2. The number of hydrogen-bond donors (Lipinski definition) is 6. The zero-order valence-corrected chi connectivity index (χ0v) is 43.8. The van der Waals surface area contributed by atoms with E-state index in [9.17, 15) is 14.4 Å². The van der Waals surface area contributed by atoms with E-state index in [0.29, 0.717) is 56.1 Å². The number of carbonyl (C=O) groups excluding carboxylic acids is 3. The highest BCUT2D eigenvalue weighted by molar-refractivity contribution is 5.96. The maximum Gasteiger partial charge on any atom is 0.241 e. The summed E-state index contributed by atoms with van der Waals surface area (Å²) in [5.41, 5.74) is 29.8. The second kappa shape index (κ2) is 27.1. The second-order valence-corrected chi connectivity index (χ2v) is 19.5. The molecule has 3 atom stereocenters. The van der Waals surface area contributed by atoms with Crippen LogP contribution in [0.15, 0.2) is 237 Å². The molecule has 79 heavy (non-hydrogen) atoms. The first kappa shape index (κ1) is 54.5. The molecule has 0 spiro atoms. The molecule has 0 bridgehead atoms. The molecule has 0 aliphatic heterocycles. The summed E-state index contributed by atoms with van der Waals surface area (Å²) in [6.45, 7) is 1.38. The van der Waals surface area contributed by atoms with Gasteiger partial charge < -0.3 is 47.4 Å². The summed E-state index contributed by atoms with van der Waals surface area (Å²) >= 11 is 0. The van der Waals surface area contributed by atoms with Gasteiger partial charge in [0.05, 0.1) is 18.1 Å². The molecule has 0 saturated carbocycles.